The average Bonchev–Trinajstić information content (AvgIpc) is 3.10. The molecular formula is C18H16N4O2. The normalized spacial score (nSPS) is 16.1. The molecule has 0 fully saturated rings. The molecule has 0 spiro atoms. The molecule has 24 heavy (non-hydrogen) atoms. The van der Waals surface area contributed by atoms with Crippen molar-refractivity contribution in [3.8, 4) is 11.4 Å². The minimum atomic E-state index is -0.249. The molecule has 120 valence electrons. The summed E-state index contributed by atoms with van der Waals surface area (Å²) >= 11 is 0. The second-order valence-corrected chi connectivity index (χ2v) is 5.67. The van der Waals surface area contributed by atoms with Crippen molar-refractivity contribution in [2.75, 3.05) is 11.9 Å². The molecule has 1 N–H and O–H groups in total. The maximum absolute atomic E-state index is 12.6. The summed E-state index contributed by atoms with van der Waals surface area (Å²) in [6, 6.07) is 17.4. The summed E-state index contributed by atoms with van der Waals surface area (Å²) in [7, 11) is 0. The molecule has 0 bridgehead atoms. The van der Waals surface area contributed by atoms with Crippen LogP contribution in [0.1, 0.15) is 5.56 Å². The fourth-order valence-corrected chi connectivity index (χ4v) is 2.81. The molecule has 3 aromatic rings. The van der Waals surface area contributed by atoms with E-state index in [1.54, 1.807) is 10.9 Å². The van der Waals surface area contributed by atoms with Crippen LogP contribution >= 0.6 is 0 Å². The van der Waals surface area contributed by atoms with E-state index >= 15 is 0 Å². The largest absolute Gasteiger partial charge is 0.492 e. The van der Waals surface area contributed by atoms with Crippen molar-refractivity contribution in [3.63, 3.8) is 0 Å². The van der Waals surface area contributed by atoms with Gasteiger partial charge in [0, 0.05) is 0 Å². The lowest BCUT2D eigenvalue weighted by Crippen LogP contribution is -2.33. The number of nitrogens with zero attached hydrogens (tertiary/aromatic N) is 3. The number of hydrogen-bond acceptors (Lipinski definition) is 4. The Morgan fingerprint density at radius 1 is 1.12 bits per heavy atom. The highest BCUT2D eigenvalue weighted by Gasteiger charge is 2.26. The van der Waals surface area contributed by atoms with Gasteiger partial charge in [0.05, 0.1) is 11.6 Å². The number of aromatic nitrogens is 3. The van der Waals surface area contributed by atoms with Crippen LogP contribution in [0.3, 0.4) is 0 Å². The number of fused-ring (bicyclic) bond motifs is 1. The lowest BCUT2D eigenvalue weighted by Gasteiger charge is -2.24. The van der Waals surface area contributed by atoms with Gasteiger partial charge in [0.1, 0.15) is 18.7 Å². The van der Waals surface area contributed by atoms with Gasteiger partial charge in [-0.2, -0.15) is 0 Å². The summed E-state index contributed by atoms with van der Waals surface area (Å²) in [5.74, 6) is 0.898. The molecule has 1 atom stereocenters. The molecule has 0 saturated carbocycles. The van der Waals surface area contributed by atoms with Gasteiger partial charge in [-0.1, -0.05) is 36.4 Å². The third-order valence-electron chi connectivity index (χ3n) is 4.07. The van der Waals surface area contributed by atoms with Crippen LogP contribution in [0.5, 0.6) is 5.75 Å². The fourth-order valence-electron chi connectivity index (χ4n) is 2.81. The molecule has 2 aromatic carbocycles. The van der Waals surface area contributed by atoms with Crippen LogP contribution < -0.4 is 10.1 Å². The number of para-hydroxylation sites is 2. The number of hydrogen-bond donors (Lipinski definition) is 1. The molecule has 0 radical (unpaired) electrons. The van der Waals surface area contributed by atoms with E-state index in [0.29, 0.717) is 19.0 Å². The molecule has 6 heteroatoms. The number of rotatable bonds is 3. The van der Waals surface area contributed by atoms with Gasteiger partial charge in [-0.05, 0) is 30.2 Å². The Balaban J connectivity index is 1.51. The summed E-state index contributed by atoms with van der Waals surface area (Å²) in [4.78, 5) is 12.6. The zero-order valence-electron chi connectivity index (χ0n) is 12.9. The molecular weight excluding hydrogens is 304 g/mol. The Hall–Kier alpha value is -3.15. The Morgan fingerprint density at radius 2 is 1.92 bits per heavy atom. The highest BCUT2D eigenvalue weighted by Crippen LogP contribution is 2.27. The lowest BCUT2D eigenvalue weighted by atomic mass is 9.96. The molecule has 0 unspecified atom stereocenters. The quantitative estimate of drug-likeness (QED) is 0.805. The number of anilines is 1. The Bertz CT molecular complexity index is 860. The first-order valence-electron chi connectivity index (χ1n) is 7.78. The van der Waals surface area contributed by atoms with Gasteiger partial charge in [-0.15, -0.1) is 10.2 Å². The van der Waals surface area contributed by atoms with Crippen molar-refractivity contribution in [3.05, 3.63) is 66.5 Å². The van der Waals surface area contributed by atoms with E-state index in [4.69, 9.17) is 4.74 Å². The fraction of sp³-hybridized carbons (Fsp3) is 0.167. The van der Waals surface area contributed by atoms with Crippen molar-refractivity contribution >= 4 is 11.9 Å². The minimum Gasteiger partial charge on any atom is -0.492 e. The van der Waals surface area contributed by atoms with Gasteiger partial charge in [-0.3, -0.25) is 14.7 Å². The zero-order valence-corrected chi connectivity index (χ0v) is 12.9. The van der Waals surface area contributed by atoms with Crippen LogP contribution in [0.2, 0.25) is 0 Å². The summed E-state index contributed by atoms with van der Waals surface area (Å²) in [6.45, 7) is 0.363. The van der Waals surface area contributed by atoms with Gasteiger partial charge in [0.15, 0.2) is 0 Å². The van der Waals surface area contributed by atoms with Crippen molar-refractivity contribution in [2.24, 2.45) is 5.92 Å². The van der Waals surface area contributed by atoms with Crippen LogP contribution in [-0.4, -0.2) is 27.3 Å². The Kier molecular flexibility index (Phi) is 3.70. The molecule has 6 nitrogen and oxygen atoms in total. The van der Waals surface area contributed by atoms with Gasteiger partial charge in [-0.25, -0.2) is 0 Å². The SMILES string of the molecule is O=C(Nc1nncn1-c1ccccc1)[C@@H]1COc2ccccc2C1. The molecule has 1 aliphatic rings. The number of ether oxygens (including phenoxy) is 1. The van der Waals surface area contributed by atoms with Crippen LogP contribution in [0.4, 0.5) is 5.95 Å². The molecule has 1 amide bonds. The number of carbonyl (C=O) groups is 1. The predicted octanol–water partition coefficient (Wildman–Crippen LogP) is 2.46. The third-order valence-corrected chi connectivity index (χ3v) is 4.07. The zero-order chi connectivity index (χ0) is 16.4. The van der Waals surface area contributed by atoms with E-state index in [-0.39, 0.29) is 11.8 Å². The van der Waals surface area contributed by atoms with Crippen molar-refractivity contribution in [2.45, 2.75) is 6.42 Å². The monoisotopic (exact) mass is 320 g/mol. The van der Waals surface area contributed by atoms with Gasteiger partial charge >= 0.3 is 0 Å². The van der Waals surface area contributed by atoms with Gasteiger partial charge in [0.2, 0.25) is 11.9 Å². The van der Waals surface area contributed by atoms with Crippen LogP contribution in [-0.2, 0) is 11.2 Å². The minimum absolute atomic E-state index is 0.116. The second kappa shape index (κ2) is 6.16. The highest BCUT2D eigenvalue weighted by atomic mass is 16.5. The average molecular weight is 320 g/mol. The second-order valence-electron chi connectivity index (χ2n) is 5.67. The topological polar surface area (TPSA) is 69.0 Å². The van der Waals surface area contributed by atoms with Crippen molar-refractivity contribution < 1.29 is 9.53 Å². The maximum Gasteiger partial charge on any atom is 0.235 e. The molecule has 0 saturated heterocycles. The molecule has 1 aromatic heterocycles. The maximum atomic E-state index is 12.6. The highest BCUT2D eigenvalue weighted by molar-refractivity contribution is 5.91. The van der Waals surface area contributed by atoms with E-state index in [9.17, 15) is 4.79 Å². The van der Waals surface area contributed by atoms with E-state index in [1.165, 1.54) is 0 Å². The molecule has 4 rings (SSSR count). The summed E-state index contributed by atoms with van der Waals surface area (Å²) in [5, 5.41) is 10.8. The Morgan fingerprint density at radius 3 is 2.79 bits per heavy atom. The summed E-state index contributed by atoms with van der Waals surface area (Å²) in [5.41, 5.74) is 1.94. The first-order valence-corrected chi connectivity index (χ1v) is 7.78. The smallest absolute Gasteiger partial charge is 0.235 e. The van der Waals surface area contributed by atoms with Gasteiger partial charge < -0.3 is 4.74 Å². The summed E-state index contributed by atoms with van der Waals surface area (Å²) < 4.78 is 7.43. The van der Waals surface area contributed by atoms with Crippen molar-refractivity contribution in [1.29, 1.82) is 0 Å². The van der Waals surface area contributed by atoms with Crippen LogP contribution in [0.25, 0.3) is 5.69 Å². The van der Waals surface area contributed by atoms with Crippen LogP contribution in [0.15, 0.2) is 60.9 Å². The third kappa shape index (κ3) is 2.74. The molecule has 0 aliphatic carbocycles. The number of carbonyl (C=O) groups excluding carboxylic acids is 1. The first-order chi connectivity index (χ1) is 11.8. The lowest BCUT2D eigenvalue weighted by molar-refractivity contribution is -0.121. The number of benzene rings is 2. The molecule has 2 heterocycles. The number of amides is 1. The van der Waals surface area contributed by atoms with E-state index in [1.807, 2.05) is 54.6 Å². The van der Waals surface area contributed by atoms with E-state index in [2.05, 4.69) is 15.5 Å². The van der Waals surface area contributed by atoms with Gasteiger partial charge in [0.25, 0.3) is 0 Å². The summed E-state index contributed by atoms with van der Waals surface area (Å²) in [6.07, 6.45) is 2.24. The van der Waals surface area contributed by atoms with Crippen molar-refractivity contribution in [1.82, 2.24) is 14.8 Å². The number of nitrogens with one attached hydrogen (secondary N) is 1. The molecule has 1 aliphatic heterocycles. The van der Waals surface area contributed by atoms with E-state index in [0.717, 1.165) is 17.0 Å². The standard InChI is InChI=1S/C18H16N4O2/c23-17(14-10-13-6-4-5-9-16(13)24-11-14)20-18-21-19-12-22(18)15-7-2-1-3-8-15/h1-9,12,14H,10-11H2,(H,20,21,23)/t14-/m0/s1. The predicted molar refractivity (Wildman–Crippen MR) is 89.1 cm³/mol. The Labute approximate surface area is 139 Å². The van der Waals surface area contributed by atoms with Crippen LogP contribution in [0, 0.1) is 5.92 Å². The van der Waals surface area contributed by atoms with E-state index < -0.39 is 0 Å². The first kappa shape index (κ1) is 14.4.